The van der Waals surface area contributed by atoms with Crippen molar-refractivity contribution in [1.29, 1.82) is 0 Å². The third-order valence-corrected chi connectivity index (χ3v) is 3.71. The summed E-state index contributed by atoms with van der Waals surface area (Å²) < 4.78 is 41.2. The zero-order valence-corrected chi connectivity index (χ0v) is 18.1. The molecule has 0 spiro atoms. The minimum absolute atomic E-state index is 0. The zero-order valence-electron chi connectivity index (χ0n) is 14.9. The number of nitrogens with one attached hydrogen (secondary N) is 2. The summed E-state index contributed by atoms with van der Waals surface area (Å²) in [4.78, 5) is 8.22. The van der Waals surface area contributed by atoms with Crippen LogP contribution in [0.25, 0.3) is 0 Å². The van der Waals surface area contributed by atoms with Gasteiger partial charge in [-0.05, 0) is 43.4 Å². The molecule has 0 saturated carbocycles. The summed E-state index contributed by atoms with van der Waals surface area (Å²) in [6.45, 7) is 2.49. The average molecular weight is 506 g/mol. The first-order valence-electron chi connectivity index (χ1n) is 8.10. The molecule has 0 bridgehead atoms. The van der Waals surface area contributed by atoms with Crippen LogP contribution < -0.4 is 15.4 Å². The van der Waals surface area contributed by atoms with Gasteiger partial charge in [-0.1, -0.05) is 0 Å². The van der Waals surface area contributed by atoms with Crippen molar-refractivity contribution in [2.45, 2.75) is 32.5 Å². The van der Waals surface area contributed by atoms with Gasteiger partial charge in [-0.2, -0.15) is 24.9 Å². The Morgan fingerprint density at radius 3 is 2.73 bits per heavy atom. The Balaban J connectivity index is 0.00000625. The highest BCUT2D eigenvalue weighted by molar-refractivity contribution is 14.0. The van der Waals surface area contributed by atoms with E-state index in [-0.39, 0.29) is 29.9 Å². The van der Waals surface area contributed by atoms with E-state index >= 15 is 0 Å². The van der Waals surface area contributed by atoms with Crippen molar-refractivity contribution in [3.05, 3.63) is 23.9 Å². The van der Waals surface area contributed by atoms with Crippen LogP contribution in [-0.4, -0.2) is 48.8 Å². The van der Waals surface area contributed by atoms with Gasteiger partial charge < -0.3 is 15.4 Å². The molecule has 1 heterocycles. The quantitative estimate of drug-likeness (QED) is 0.219. The van der Waals surface area contributed by atoms with E-state index < -0.39 is 12.8 Å². The Morgan fingerprint density at radius 1 is 1.31 bits per heavy atom. The number of nitrogens with zero attached hydrogens (tertiary/aromatic N) is 2. The predicted octanol–water partition coefficient (Wildman–Crippen LogP) is 3.84. The summed E-state index contributed by atoms with van der Waals surface area (Å²) in [5.41, 5.74) is 0.728. The molecule has 0 aromatic carbocycles. The number of rotatable bonds is 10. The third kappa shape index (κ3) is 12.4. The lowest BCUT2D eigenvalue weighted by Crippen LogP contribution is -2.37. The molecule has 0 aliphatic carbocycles. The van der Waals surface area contributed by atoms with Crippen LogP contribution in [0, 0.1) is 0 Å². The van der Waals surface area contributed by atoms with E-state index in [4.69, 9.17) is 0 Å². The Hall–Kier alpha value is -0.910. The average Bonchev–Trinajstić information content (AvgIpc) is 2.57. The van der Waals surface area contributed by atoms with Gasteiger partial charge >= 0.3 is 6.18 Å². The fraction of sp³-hybridized carbons (Fsp3) is 0.625. The van der Waals surface area contributed by atoms with E-state index in [0.29, 0.717) is 12.5 Å². The molecule has 0 saturated heterocycles. The molecular formula is C16H26F3IN4OS. The van der Waals surface area contributed by atoms with Crippen LogP contribution in [0.2, 0.25) is 0 Å². The van der Waals surface area contributed by atoms with E-state index in [0.717, 1.165) is 37.2 Å². The SMILES string of the molecule is CCNC(=NCc1ccnc(OCC(F)(F)F)c1)NCCCCSC.I. The normalized spacial score (nSPS) is 11.7. The van der Waals surface area contributed by atoms with Gasteiger partial charge in [0.15, 0.2) is 12.6 Å². The van der Waals surface area contributed by atoms with Crippen LogP contribution in [0.4, 0.5) is 13.2 Å². The predicted molar refractivity (Wildman–Crippen MR) is 112 cm³/mol. The smallest absolute Gasteiger partial charge is 0.422 e. The van der Waals surface area contributed by atoms with E-state index in [1.54, 1.807) is 6.07 Å². The summed E-state index contributed by atoms with van der Waals surface area (Å²) in [6.07, 6.45) is 1.31. The number of thioether (sulfide) groups is 1. The summed E-state index contributed by atoms with van der Waals surface area (Å²) >= 11 is 1.82. The minimum Gasteiger partial charge on any atom is -0.468 e. The van der Waals surface area contributed by atoms with Crippen molar-refractivity contribution in [1.82, 2.24) is 15.6 Å². The van der Waals surface area contributed by atoms with Gasteiger partial charge in [0.1, 0.15) is 0 Å². The number of halogens is 4. The number of aliphatic imine (C=N–C) groups is 1. The molecule has 0 radical (unpaired) electrons. The summed E-state index contributed by atoms with van der Waals surface area (Å²) in [5, 5.41) is 6.38. The number of ether oxygens (including phenoxy) is 1. The molecule has 1 aromatic heterocycles. The Bertz CT molecular complexity index is 532. The van der Waals surface area contributed by atoms with Crippen molar-refractivity contribution < 1.29 is 17.9 Å². The van der Waals surface area contributed by atoms with Crippen molar-refractivity contribution in [3.63, 3.8) is 0 Å². The van der Waals surface area contributed by atoms with E-state index in [2.05, 4.69) is 31.6 Å². The van der Waals surface area contributed by atoms with Gasteiger partial charge in [0.2, 0.25) is 5.88 Å². The molecule has 0 aliphatic heterocycles. The number of pyridine rings is 1. The highest BCUT2D eigenvalue weighted by Crippen LogP contribution is 2.17. The topological polar surface area (TPSA) is 58.5 Å². The third-order valence-electron chi connectivity index (χ3n) is 3.01. The fourth-order valence-electron chi connectivity index (χ4n) is 1.87. The van der Waals surface area contributed by atoms with Crippen molar-refractivity contribution in [3.8, 4) is 5.88 Å². The van der Waals surface area contributed by atoms with Gasteiger partial charge in [-0.25, -0.2) is 9.98 Å². The monoisotopic (exact) mass is 506 g/mol. The van der Waals surface area contributed by atoms with Crippen LogP contribution in [-0.2, 0) is 6.54 Å². The molecule has 10 heteroatoms. The Morgan fingerprint density at radius 2 is 2.08 bits per heavy atom. The lowest BCUT2D eigenvalue weighted by molar-refractivity contribution is -0.154. The summed E-state index contributed by atoms with van der Waals surface area (Å²) in [5.74, 6) is 1.76. The lowest BCUT2D eigenvalue weighted by Gasteiger charge is -2.11. The van der Waals surface area contributed by atoms with Gasteiger partial charge in [0, 0.05) is 25.4 Å². The van der Waals surface area contributed by atoms with Gasteiger partial charge in [-0.15, -0.1) is 24.0 Å². The first-order valence-corrected chi connectivity index (χ1v) is 9.49. The molecule has 1 aromatic rings. The number of unbranched alkanes of at least 4 members (excludes halogenated alkanes) is 1. The maximum atomic E-state index is 12.2. The van der Waals surface area contributed by atoms with E-state index in [1.165, 1.54) is 12.3 Å². The standard InChI is InChI=1S/C16H25F3N4OS.HI/c1-3-20-15(22-7-4-5-9-25-2)23-11-13-6-8-21-14(10-13)24-12-16(17,18)19;/h6,8,10H,3-5,7,9,11-12H2,1-2H3,(H2,20,22,23);1H. The van der Waals surface area contributed by atoms with Gasteiger partial charge in [-0.3, -0.25) is 0 Å². The molecule has 2 N–H and O–H groups in total. The van der Waals surface area contributed by atoms with Crippen LogP contribution >= 0.6 is 35.7 Å². The van der Waals surface area contributed by atoms with Crippen molar-refractivity contribution in [2.24, 2.45) is 4.99 Å². The first-order chi connectivity index (χ1) is 11.9. The molecule has 0 unspecified atom stereocenters. The van der Waals surface area contributed by atoms with Crippen LogP contribution in [0.15, 0.2) is 23.3 Å². The number of aromatic nitrogens is 1. The Labute approximate surface area is 174 Å². The van der Waals surface area contributed by atoms with E-state index in [1.807, 2.05) is 18.7 Å². The van der Waals surface area contributed by atoms with E-state index in [9.17, 15) is 13.2 Å². The highest BCUT2D eigenvalue weighted by Gasteiger charge is 2.28. The molecule has 5 nitrogen and oxygen atoms in total. The second-order valence-electron chi connectivity index (χ2n) is 5.23. The minimum atomic E-state index is -4.38. The number of hydrogen-bond donors (Lipinski definition) is 2. The maximum absolute atomic E-state index is 12.2. The second-order valence-corrected chi connectivity index (χ2v) is 6.21. The maximum Gasteiger partial charge on any atom is 0.422 e. The largest absolute Gasteiger partial charge is 0.468 e. The molecular weight excluding hydrogens is 480 g/mol. The van der Waals surface area contributed by atoms with Gasteiger partial charge in [0.25, 0.3) is 0 Å². The summed E-state index contributed by atoms with van der Waals surface area (Å²) in [6, 6.07) is 3.17. The van der Waals surface area contributed by atoms with Crippen LogP contribution in [0.3, 0.4) is 0 Å². The van der Waals surface area contributed by atoms with Crippen LogP contribution in [0.5, 0.6) is 5.88 Å². The van der Waals surface area contributed by atoms with Gasteiger partial charge in [0.05, 0.1) is 6.54 Å². The Kier molecular flexibility index (Phi) is 13.7. The molecule has 0 amide bonds. The molecule has 0 aliphatic rings. The van der Waals surface area contributed by atoms with Crippen LogP contribution in [0.1, 0.15) is 25.3 Å². The molecule has 26 heavy (non-hydrogen) atoms. The highest BCUT2D eigenvalue weighted by atomic mass is 127. The lowest BCUT2D eigenvalue weighted by atomic mass is 10.3. The number of alkyl halides is 3. The molecule has 0 atom stereocenters. The van der Waals surface area contributed by atoms with Crippen molar-refractivity contribution >= 4 is 41.7 Å². The molecule has 0 fully saturated rings. The summed E-state index contributed by atoms with van der Waals surface area (Å²) in [7, 11) is 0. The number of hydrogen-bond acceptors (Lipinski definition) is 4. The first kappa shape index (κ1) is 25.1. The number of guanidine groups is 1. The van der Waals surface area contributed by atoms with Crippen molar-refractivity contribution in [2.75, 3.05) is 31.7 Å². The zero-order chi connectivity index (χ0) is 18.5. The fourth-order valence-corrected chi connectivity index (χ4v) is 2.37. The molecule has 150 valence electrons. The second kappa shape index (κ2) is 14.2. The molecule has 1 rings (SSSR count).